The van der Waals surface area contributed by atoms with Gasteiger partial charge in [-0.25, -0.2) is 4.79 Å². The van der Waals surface area contributed by atoms with Crippen LogP contribution < -0.4 is 10.9 Å². The highest BCUT2D eigenvalue weighted by molar-refractivity contribution is 5.97. The molecular weight excluding hydrogens is 405 g/mol. The lowest BCUT2D eigenvalue weighted by Gasteiger charge is -2.10. The second kappa shape index (κ2) is 8.23. The summed E-state index contributed by atoms with van der Waals surface area (Å²) < 4.78 is 31.7. The van der Waals surface area contributed by atoms with Crippen molar-refractivity contribution in [2.24, 2.45) is 0 Å². The van der Waals surface area contributed by atoms with E-state index in [1.807, 2.05) is 18.2 Å². The van der Waals surface area contributed by atoms with E-state index in [1.165, 1.54) is 6.07 Å². The van der Waals surface area contributed by atoms with Gasteiger partial charge in [0.2, 0.25) is 5.56 Å². The summed E-state index contributed by atoms with van der Waals surface area (Å²) in [5.74, 6) is -2.80. The van der Waals surface area contributed by atoms with Crippen LogP contribution in [-0.2, 0) is 11.2 Å². The molecule has 11 heteroatoms. The van der Waals surface area contributed by atoms with Crippen molar-refractivity contribution in [2.45, 2.75) is 12.6 Å². The lowest BCUT2D eigenvalue weighted by molar-refractivity contribution is -0.192. The monoisotopic (exact) mass is 420 g/mol. The third-order valence-corrected chi connectivity index (χ3v) is 4.20. The summed E-state index contributed by atoms with van der Waals surface area (Å²) in [7, 11) is 0. The van der Waals surface area contributed by atoms with Crippen molar-refractivity contribution in [3.05, 3.63) is 64.3 Å². The molecule has 1 aliphatic heterocycles. The van der Waals surface area contributed by atoms with Gasteiger partial charge in [-0.15, -0.1) is 0 Å². The molecule has 4 rings (SSSR count). The number of alkyl halides is 3. The second-order valence-corrected chi connectivity index (χ2v) is 6.26. The first-order valence-electron chi connectivity index (χ1n) is 8.61. The SMILES string of the molecule is O=C(O)C(F)(F)F.O=C1NCCc2[nH]c(-c3ccnc(-c4ccc(=O)[nH]c4)c3)cc21. The number of carbonyl (C=O) groups is 2. The third kappa shape index (κ3) is 4.74. The molecule has 1 aliphatic rings. The Kier molecular flexibility index (Phi) is 5.72. The highest BCUT2D eigenvalue weighted by atomic mass is 19.4. The average Bonchev–Trinajstić information content (AvgIpc) is 3.14. The maximum atomic E-state index is 11.9. The maximum absolute atomic E-state index is 11.9. The van der Waals surface area contributed by atoms with Gasteiger partial charge in [-0.3, -0.25) is 14.6 Å². The number of aromatic nitrogens is 3. The number of carbonyl (C=O) groups excluding carboxylic acids is 1. The van der Waals surface area contributed by atoms with Gasteiger partial charge in [-0.05, 0) is 24.3 Å². The van der Waals surface area contributed by atoms with Gasteiger partial charge in [0.05, 0.1) is 11.3 Å². The van der Waals surface area contributed by atoms with E-state index in [0.29, 0.717) is 12.1 Å². The minimum absolute atomic E-state index is 0.0383. The fraction of sp³-hybridized carbons (Fsp3) is 0.158. The molecule has 8 nitrogen and oxygen atoms in total. The number of hydrogen-bond donors (Lipinski definition) is 4. The number of rotatable bonds is 2. The molecule has 4 heterocycles. The second-order valence-electron chi connectivity index (χ2n) is 6.26. The van der Waals surface area contributed by atoms with Gasteiger partial charge in [0.1, 0.15) is 0 Å². The first kappa shape index (κ1) is 20.8. The van der Waals surface area contributed by atoms with Crippen LogP contribution in [0.25, 0.3) is 22.5 Å². The highest BCUT2D eigenvalue weighted by Gasteiger charge is 2.38. The molecule has 0 spiro atoms. The maximum Gasteiger partial charge on any atom is 0.490 e. The predicted octanol–water partition coefficient (Wildman–Crippen LogP) is 2.35. The molecule has 0 atom stereocenters. The quantitative estimate of drug-likeness (QED) is 0.506. The summed E-state index contributed by atoms with van der Waals surface area (Å²) in [6.45, 7) is 0.658. The zero-order chi connectivity index (χ0) is 21.9. The normalized spacial score (nSPS) is 13.0. The van der Waals surface area contributed by atoms with Crippen molar-refractivity contribution < 1.29 is 27.9 Å². The molecule has 30 heavy (non-hydrogen) atoms. The van der Waals surface area contributed by atoms with E-state index in [2.05, 4.69) is 20.3 Å². The molecule has 0 fully saturated rings. The average molecular weight is 420 g/mol. The van der Waals surface area contributed by atoms with Gasteiger partial charge >= 0.3 is 12.1 Å². The summed E-state index contributed by atoms with van der Waals surface area (Å²) in [6.07, 6.45) is -0.920. The Morgan fingerprint density at radius 3 is 2.43 bits per heavy atom. The number of hydrogen-bond acceptors (Lipinski definition) is 4. The van der Waals surface area contributed by atoms with Crippen LogP contribution in [0, 0.1) is 0 Å². The lowest BCUT2D eigenvalue weighted by atomic mass is 10.1. The van der Waals surface area contributed by atoms with E-state index < -0.39 is 12.1 Å². The number of aliphatic carboxylic acids is 1. The number of nitrogens with zero attached hydrogens (tertiary/aromatic N) is 1. The van der Waals surface area contributed by atoms with Gasteiger partial charge in [-0.1, -0.05) is 0 Å². The van der Waals surface area contributed by atoms with Crippen molar-refractivity contribution in [3.8, 4) is 22.5 Å². The number of amides is 1. The number of carboxylic acids is 1. The Hall–Kier alpha value is -3.89. The van der Waals surface area contributed by atoms with Crippen LogP contribution in [0.1, 0.15) is 16.1 Å². The summed E-state index contributed by atoms with van der Waals surface area (Å²) in [6, 6.07) is 8.91. The highest BCUT2D eigenvalue weighted by Crippen LogP contribution is 2.26. The molecule has 3 aromatic heterocycles. The van der Waals surface area contributed by atoms with E-state index in [0.717, 1.165) is 34.6 Å². The van der Waals surface area contributed by atoms with E-state index in [4.69, 9.17) is 9.90 Å². The van der Waals surface area contributed by atoms with Crippen LogP contribution in [0.5, 0.6) is 0 Å². The molecule has 0 saturated heterocycles. The summed E-state index contributed by atoms with van der Waals surface area (Å²) in [4.78, 5) is 42.2. The molecule has 0 aliphatic carbocycles. The van der Waals surface area contributed by atoms with Crippen molar-refractivity contribution in [2.75, 3.05) is 6.54 Å². The Balaban J connectivity index is 0.000000318. The van der Waals surface area contributed by atoms with E-state index in [9.17, 15) is 22.8 Å². The van der Waals surface area contributed by atoms with E-state index >= 15 is 0 Å². The molecular formula is C19H15F3N4O4. The summed E-state index contributed by atoms with van der Waals surface area (Å²) >= 11 is 0. The predicted molar refractivity (Wildman–Crippen MR) is 99.8 cm³/mol. The van der Waals surface area contributed by atoms with Gasteiger partial charge in [-0.2, -0.15) is 13.2 Å². The summed E-state index contributed by atoms with van der Waals surface area (Å²) in [5.41, 5.74) is 4.95. The molecule has 0 aromatic carbocycles. The van der Waals surface area contributed by atoms with Gasteiger partial charge in [0, 0.05) is 53.9 Å². The third-order valence-electron chi connectivity index (χ3n) is 4.20. The van der Waals surface area contributed by atoms with Crippen molar-refractivity contribution in [3.63, 3.8) is 0 Å². The first-order valence-corrected chi connectivity index (χ1v) is 8.61. The smallest absolute Gasteiger partial charge is 0.475 e. The molecule has 0 saturated carbocycles. The largest absolute Gasteiger partial charge is 0.490 e. The van der Waals surface area contributed by atoms with Gasteiger partial charge < -0.3 is 20.4 Å². The number of halogens is 3. The Morgan fingerprint density at radius 1 is 1.10 bits per heavy atom. The van der Waals surface area contributed by atoms with Crippen LogP contribution in [-0.4, -0.2) is 44.7 Å². The number of aromatic amines is 2. The first-order chi connectivity index (χ1) is 14.1. The molecule has 0 unspecified atom stereocenters. The fourth-order valence-electron chi connectivity index (χ4n) is 2.77. The van der Waals surface area contributed by atoms with Crippen LogP contribution in [0.3, 0.4) is 0 Å². The number of pyridine rings is 2. The number of fused-ring (bicyclic) bond motifs is 1. The van der Waals surface area contributed by atoms with Gasteiger partial charge in [0.25, 0.3) is 5.91 Å². The lowest BCUT2D eigenvalue weighted by Crippen LogP contribution is -2.31. The van der Waals surface area contributed by atoms with Crippen LogP contribution in [0.15, 0.2) is 47.5 Å². The van der Waals surface area contributed by atoms with Gasteiger partial charge in [0.15, 0.2) is 0 Å². The molecule has 0 radical (unpaired) electrons. The minimum Gasteiger partial charge on any atom is -0.475 e. The van der Waals surface area contributed by atoms with E-state index in [1.54, 1.807) is 18.5 Å². The number of nitrogens with one attached hydrogen (secondary N) is 3. The molecule has 0 bridgehead atoms. The van der Waals surface area contributed by atoms with Crippen LogP contribution >= 0.6 is 0 Å². The fourth-order valence-corrected chi connectivity index (χ4v) is 2.77. The number of carboxylic acid groups (broad SMARTS) is 1. The Labute approximate surface area is 166 Å². The Bertz CT molecular complexity index is 1130. The minimum atomic E-state index is -5.08. The molecule has 3 aromatic rings. The van der Waals surface area contributed by atoms with Crippen molar-refractivity contribution in [1.29, 1.82) is 0 Å². The van der Waals surface area contributed by atoms with E-state index in [-0.39, 0.29) is 11.5 Å². The zero-order valence-corrected chi connectivity index (χ0v) is 15.2. The molecule has 156 valence electrons. The van der Waals surface area contributed by atoms with Crippen LogP contribution in [0.2, 0.25) is 0 Å². The molecule has 4 N–H and O–H groups in total. The topological polar surface area (TPSA) is 128 Å². The molecule has 1 amide bonds. The Morgan fingerprint density at radius 2 is 1.83 bits per heavy atom. The summed E-state index contributed by atoms with van der Waals surface area (Å²) in [5, 5.41) is 9.97. The standard InChI is InChI=1S/C17H14N4O2.C2HF3O2/c22-16-2-1-11(9-20-16)14-7-10(3-5-18-14)15-8-12-13(21-15)4-6-19-17(12)23;3-2(4,5)1(6)7/h1-3,5,7-9,21H,4,6H2,(H,19,23)(H,20,22);(H,6,7). The van der Waals surface area contributed by atoms with Crippen LogP contribution in [0.4, 0.5) is 13.2 Å². The van der Waals surface area contributed by atoms with Crippen molar-refractivity contribution in [1.82, 2.24) is 20.3 Å². The zero-order valence-electron chi connectivity index (χ0n) is 15.2. The number of H-pyrrole nitrogens is 2. The van der Waals surface area contributed by atoms with Crippen molar-refractivity contribution >= 4 is 11.9 Å².